The van der Waals surface area contributed by atoms with Gasteiger partial charge in [0.05, 0.1) is 25.4 Å². The summed E-state index contributed by atoms with van der Waals surface area (Å²) in [6.07, 6.45) is 5.22. The molecule has 0 unspecified atom stereocenters. The van der Waals surface area contributed by atoms with Gasteiger partial charge in [-0.05, 0) is 61.2 Å². The predicted molar refractivity (Wildman–Crippen MR) is 124 cm³/mol. The van der Waals surface area contributed by atoms with E-state index >= 15 is 0 Å². The van der Waals surface area contributed by atoms with Gasteiger partial charge in [0.2, 0.25) is 0 Å². The molecule has 2 saturated carbocycles. The first-order chi connectivity index (χ1) is 14.2. The zero-order chi connectivity index (χ0) is 21.8. The molecule has 0 saturated heterocycles. The second-order valence-electron chi connectivity index (χ2n) is 10.7. The van der Waals surface area contributed by atoms with Crippen LogP contribution < -0.4 is 0 Å². The van der Waals surface area contributed by atoms with Crippen molar-refractivity contribution in [3.05, 3.63) is 35.9 Å². The highest BCUT2D eigenvalue weighted by Crippen LogP contribution is 2.50. The van der Waals surface area contributed by atoms with Gasteiger partial charge in [0.15, 0.2) is 8.32 Å². The lowest BCUT2D eigenvalue weighted by molar-refractivity contribution is -0.0951. The third kappa shape index (κ3) is 5.95. The van der Waals surface area contributed by atoms with E-state index < -0.39 is 8.32 Å². The van der Waals surface area contributed by atoms with Crippen LogP contribution in [0.1, 0.15) is 52.0 Å². The van der Waals surface area contributed by atoms with E-state index in [-0.39, 0.29) is 5.04 Å². The van der Waals surface area contributed by atoms with Crippen LogP contribution in [0, 0.1) is 17.8 Å². The van der Waals surface area contributed by atoms with Crippen molar-refractivity contribution in [1.29, 1.82) is 0 Å². The Hall–Kier alpha value is -0.723. The molecule has 0 N–H and O–H groups in total. The third-order valence-electron chi connectivity index (χ3n) is 7.65. The van der Waals surface area contributed by atoms with Crippen molar-refractivity contribution in [3.63, 3.8) is 0 Å². The predicted octanol–water partition coefficient (Wildman–Crippen LogP) is 6.02. The van der Waals surface area contributed by atoms with Crippen molar-refractivity contribution in [2.75, 3.05) is 20.5 Å². The number of hydrogen-bond acceptors (Lipinski definition) is 4. The van der Waals surface area contributed by atoms with E-state index in [2.05, 4.69) is 64.2 Å². The van der Waals surface area contributed by atoms with Gasteiger partial charge >= 0.3 is 0 Å². The smallest absolute Gasteiger partial charge is 0.192 e. The molecule has 0 amide bonds. The standard InChI is InChI=1S/C25H42O4Si/c1-25(2,3)30(5,6)29-24-15-20-14-21(28-18-26-4)12-13-22(20)23(24)17-27-16-19-10-8-7-9-11-19/h7-11,20-24H,12-18H2,1-6H3/t20-,21+,22+,23-,24-/m0/s1. The van der Waals surface area contributed by atoms with Crippen LogP contribution >= 0.6 is 0 Å². The van der Waals surface area contributed by atoms with Crippen molar-refractivity contribution in [1.82, 2.24) is 0 Å². The van der Waals surface area contributed by atoms with Gasteiger partial charge in [-0.15, -0.1) is 0 Å². The maximum absolute atomic E-state index is 6.98. The molecular formula is C25H42O4Si. The lowest BCUT2D eigenvalue weighted by Crippen LogP contribution is -2.45. The minimum absolute atomic E-state index is 0.223. The van der Waals surface area contributed by atoms with Crippen molar-refractivity contribution in [3.8, 4) is 0 Å². The van der Waals surface area contributed by atoms with Crippen LogP contribution in [0.15, 0.2) is 30.3 Å². The molecule has 1 aromatic carbocycles. The van der Waals surface area contributed by atoms with Gasteiger partial charge in [-0.25, -0.2) is 0 Å². The van der Waals surface area contributed by atoms with Crippen molar-refractivity contribution < 1.29 is 18.6 Å². The largest absolute Gasteiger partial charge is 0.414 e. The van der Waals surface area contributed by atoms with Crippen LogP contribution in [0.5, 0.6) is 0 Å². The topological polar surface area (TPSA) is 36.9 Å². The van der Waals surface area contributed by atoms with Gasteiger partial charge in [0.25, 0.3) is 0 Å². The molecule has 2 aliphatic rings. The second-order valence-corrected chi connectivity index (χ2v) is 15.5. The van der Waals surface area contributed by atoms with E-state index in [9.17, 15) is 0 Å². The summed E-state index contributed by atoms with van der Waals surface area (Å²) >= 11 is 0. The lowest BCUT2D eigenvalue weighted by Gasteiger charge is -2.40. The van der Waals surface area contributed by atoms with Crippen LogP contribution in [0.3, 0.4) is 0 Å². The normalized spacial score (nSPS) is 29.7. The molecule has 0 bridgehead atoms. The van der Waals surface area contributed by atoms with E-state index in [1.165, 1.54) is 12.0 Å². The fourth-order valence-corrected chi connectivity index (χ4v) is 6.33. The monoisotopic (exact) mass is 434 g/mol. The van der Waals surface area contributed by atoms with E-state index in [0.717, 1.165) is 25.9 Å². The lowest BCUT2D eigenvalue weighted by atomic mass is 9.77. The first kappa shape index (κ1) is 23.9. The van der Waals surface area contributed by atoms with Gasteiger partial charge in [0, 0.05) is 13.0 Å². The SMILES string of the molecule is COCO[C@@H]1CC[C@@H]2[C@@H](C1)C[C@H](O[Si](C)(C)C(C)(C)C)[C@H]2COCc1ccccc1. The molecule has 5 heteroatoms. The minimum Gasteiger partial charge on any atom is -0.414 e. The van der Waals surface area contributed by atoms with Gasteiger partial charge < -0.3 is 18.6 Å². The highest BCUT2D eigenvalue weighted by atomic mass is 28.4. The van der Waals surface area contributed by atoms with Gasteiger partial charge in [0.1, 0.15) is 6.79 Å². The number of benzene rings is 1. The Bertz CT molecular complexity index is 642. The third-order valence-corrected chi connectivity index (χ3v) is 12.2. The summed E-state index contributed by atoms with van der Waals surface area (Å²) in [4.78, 5) is 0. The maximum atomic E-state index is 6.98. The molecule has 2 aliphatic carbocycles. The van der Waals surface area contributed by atoms with Crippen LogP contribution in [0.4, 0.5) is 0 Å². The molecule has 0 spiro atoms. The molecule has 5 atom stereocenters. The first-order valence-corrected chi connectivity index (χ1v) is 14.5. The zero-order valence-electron chi connectivity index (χ0n) is 19.9. The average Bonchev–Trinajstić information content (AvgIpc) is 3.02. The molecule has 170 valence electrons. The molecule has 2 fully saturated rings. The van der Waals surface area contributed by atoms with Gasteiger partial charge in [-0.2, -0.15) is 0 Å². The Morgan fingerprint density at radius 3 is 2.43 bits per heavy atom. The molecule has 0 radical (unpaired) electrons. The number of rotatable bonds is 9. The molecule has 30 heavy (non-hydrogen) atoms. The Balaban J connectivity index is 1.66. The fourth-order valence-electron chi connectivity index (χ4n) is 4.95. The number of ether oxygens (including phenoxy) is 3. The minimum atomic E-state index is -1.82. The summed E-state index contributed by atoms with van der Waals surface area (Å²) in [7, 11) is -0.125. The Kier molecular flexibility index (Phi) is 8.19. The summed E-state index contributed by atoms with van der Waals surface area (Å²) in [5.41, 5.74) is 1.24. The quantitative estimate of drug-likeness (QED) is 0.352. The summed E-state index contributed by atoms with van der Waals surface area (Å²) in [6, 6.07) is 10.5. The van der Waals surface area contributed by atoms with Crippen molar-refractivity contribution in [2.45, 2.75) is 83.4 Å². The zero-order valence-corrected chi connectivity index (χ0v) is 20.9. The maximum Gasteiger partial charge on any atom is 0.192 e. The number of methoxy groups -OCH3 is 1. The summed E-state index contributed by atoms with van der Waals surface area (Å²) in [5, 5.41) is 0.223. The first-order valence-electron chi connectivity index (χ1n) is 11.6. The van der Waals surface area contributed by atoms with Crippen LogP contribution in [-0.4, -0.2) is 41.0 Å². The highest BCUT2D eigenvalue weighted by Gasteiger charge is 2.50. The van der Waals surface area contributed by atoms with Gasteiger partial charge in [-0.1, -0.05) is 51.1 Å². The number of fused-ring (bicyclic) bond motifs is 1. The van der Waals surface area contributed by atoms with Crippen LogP contribution in [-0.2, 0) is 25.2 Å². The molecule has 1 aromatic rings. The van der Waals surface area contributed by atoms with Gasteiger partial charge in [-0.3, -0.25) is 0 Å². The van der Waals surface area contributed by atoms with E-state index in [1.807, 2.05) is 0 Å². The highest BCUT2D eigenvalue weighted by molar-refractivity contribution is 6.74. The summed E-state index contributed by atoms with van der Waals surface area (Å²) < 4.78 is 24.3. The van der Waals surface area contributed by atoms with Crippen molar-refractivity contribution in [2.24, 2.45) is 17.8 Å². The Labute approximate surface area is 184 Å². The molecule has 0 heterocycles. The summed E-state index contributed by atoms with van der Waals surface area (Å²) in [6.45, 7) is 13.6. The Morgan fingerprint density at radius 2 is 1.77 bits per heavy atom. The Morgan fingerprint density at radius 1 is 1.03 bits per heavy atom. The average molecular weight is 435 g/mol. The van der Waals surface area contributed by atoms with E-state index in [4.69, 9.17) is 18.6 Å². The van der Waals surface area contributed by atoms with E-state index in [0.29, 0.717) is 43.4 Å². The molecule has 0 aromatic heterocycles. The van der Waals surface area contributed by atoms with Crippen LogP contribution in [0.2, 0.25) is 18.1 Å². The molecule has 4 nitrogen and oxygen atoms in total. The van der Waals surface area contributed by atoms with Crippen molar-refractivity contribution >= 4 is 8.32 Å². The van der Waals surface area contributed by atoms with E-state index in [1.54, 1.807) is 7.11 Å². The molecule has 3 rings (SSSR count). The fraction of sp³-hybridized carbons (Fsp3) is 0.760. The second kappa shape index (κ2) is 10.3. The number of hydrogen-bond donors (Lipinski definition) is 0. The molecular weight excluding hydrogens is 392 g/mol. The van der Waals surface area contributed by atoms with Crippen LogP contribution in [0.25, 0.3) is 0 Å². The molecule has 0 aliphatic heterocycles. The summed E-state index contributed by atoms with van der Waals surface area (Å²) in [5.74, 6) is 1.83.